The quantitative estimate of drug-likeness (QED) is 0.818. The molecule has 0 unspecified atom stereocenters. The highest BCUT2D eigenvalue weighted by Crippen LogP contribution is 2.13. The molecular weight excluding hydrogens is 284 g/mol. The van der Waals surface area contributed by atoms with Gasteiger partial charge in [0.05, 0.1) is 12.6 Å². The molecule has 118 valence electrons. The van der Waals surface area contributed by atoms with Crippen LogP contribution in [0.1, 0.15) is 29.9 Å². The Hall–Kier alpha value is -2.57. The lowest BCUT2D eigenvalue weighted by Crippen LogP contribution is -2.15. The summed E-state index contributed by atoms with van der Waals surface area (Å²) in [4.78, 5) is 11.8. The molecule has 0 spiro atoms. The normalized spacial score (nSPS) is 10.7. The molecule has 2 aromatic rings. The first kappa shape index (κ1) is 15.8. The number of carbonyl (C=O) groups is 1. The van der Waals surface area contributed by atoms with E-state index in [9.17, 15) is 4.79 Å². The molecule has 0 radical (unpaired) electrons. The van der Waals surface area contributed by atoms with E-state index in [1.807, 2.05) is 31.2 Å². The smallest absolute Gasteiger partial charge is 0.363 e. The molecule has 0 saturated heterocycles. The number of esters is 1. The molecule has 0 fully saturated rings. The highest BCUT2D eigenvalue weighted by Gasteiger charge is 2.19. The fraction of sp³-hybridized carbons (Fsp3) is 0.400. The predicted molar refractivity (Wildman–Crippen MR) is 81.7 cm³/mol. The first-order valence-corrected chi connectivity index (χ1v) is 7.06. The molecule has 7 nitrogen and oxygen atoms in total. The average Bonchev–Trinajstić information content (AvgIpc) is 2.82. The van der Waals surface area contributed by atoms with E-state index in [4.69, 9.17) is 15.2 Å². The molecule has 2 N–H and O–H groups in total. The zero-order valence-electron chi connectivity index (χ0n) is 12.9. The molecule has 22 heavy (non-hydrogen) atoms. The van der Waals surface area contributed by atoms with Gasteiger partial charge < -0.3 is 15.2 Å². The molecule has 0 aliphatic carbocycles. The third kappa shape index (κ3) is 3.97. The molecular formula is C15H20N4O3. The van der Waals surface area contributed by atoms with Crippen molar-refractivity contribution in [3.05, 3.63) is 35.5 Å². The van der Waals surface area contributed by atoms with Crippen LogP contribution in [-0.2, 0) is 11.3 Å². The van der Waals surface area contributed by atoms with Crippen molar-refractivity contribution in [3.8, 4) is 5.75 Å². The van der Waals surface area contributed by atoms with Crippen LogP contribution in [0, 0.1) is 6.92 Å². The standard InChI is InChI=1S/C15H20N4O3/c1-10(2)22-15(20)13-14(16)19(18-17-13)8-9-21-12-6-4-11(3)5-7-12/h4-7,10H,8-9,16H2,1-3H3. The molecule has 1 aromatic carbocycles. The van der Waals surface area contributed by atoms with Gasteiger partial charge >= 0.3 is 5.97 Å². The maximum Gasteiger partial charge on any atom is 0.363 e. The number of nitrogen functional groups attached to an aromatic ring is 1. The summed E-state index contributed by atoms with van der Waals surface area (Å²) in [6.45, 7) is 6.29. The number of nitrogens with two attached hydrogens (primary N) is 1. The van der Waals surface area contributed by atoms with E-state index in [1.54, 1.807) is 13.8 Å². The van der Waals surface area contributed by atoms with Crippen LogP contribution >= 0.6 is 0 Å². The number of rotatable bonds is 6. The van der Waals surface area contributed by atoms with Crippen molar-refractivity contribution in [2.24, 2.45) is 0 Å². The van der Waals surface area contributed by atoms with Gasteiger partial charge in [-0.25, -0.2) is 9.48 Å². The van der Waals surface area contributed by atoms with Crippen LogP contribution < -0.4 is 10.5 Å². The van der Waals surface area contributed by atoms with E-state index in [0.717, 1.165) is 5.75 Å². The third-order valence-electron chi connectivity index (χ3n) is 2.90. The zero-order chi connectivity index (χ0) is 16.1. The van der Waals surface area contributed by atoms with E-state index in [2.05, 4.69) is 10.3 Å². The summed E-state index contributed by atoms with van der Waals surface area (Å²) in [5.41, 5.74) is 7.06. The van der Waals surface area contributed by atoms with Gasteiger partial charge in [-0.2, -0.15) is 0 Å². The monoisotopic (exact) mass is 304 g/mol. The minimum Gasteiger partial charge on any atom is -0.492 e. The number of nitrogens with zero attached hydrogens (tertiary/aromatic N) is 3. The lowest BCUT2D eigenvalue weighted by Gasteiger charge is -2.08. The Morgan fingerprint density at radius 2 is 2.00 bits per heavy atom. The third-order valence-corrected chi connectivity index (χ3v) is 2.90. The van der Waals surface area contributed by atoms with Gasteiger partial charge in [-0.3, -0.25) is 0 Å². The summed E-state index contributed by atoms with van der Waals surface area (Å²) < 4.78 is 12.1. The Morgan fingerprint density at radius 1 is 1.32 bits per heavy atom. The largest absolute Gasteiger partial charge is 0.492 e. The number of aryl methyl sites for hydroxylation is 1. The second kappa shape index (κ2) is 6.93. The zero-order valence-corrected chi connectivity index (χ0v) is 12.9. The Bertz CT molecular complexity index is 635. The summed E-state index contributed by atoms with van der Waals surface area (Å²) in [7, 11) is 0. The topological polar surface area (TPSA) is 92.3 Å². The summed E-state index contributed by atoms with van der Waals surface area (Å²) >= 11 is 0. The maximum absolute atomic E-state index is 11.8. The van der Waals surface area contributed by atoms with Crippen LogP contribution in [0.15, 0.2) is 24.3 Å². The van der Waals surface area contributed by atoms with Gasteiger partial charge in [0, 0.05) is 0 Å². The second-order valence-corrected chi connectivity index (χ2v) is 5.16. The summed E-state index contributed by atoms with van der Waals surface area (Å²) in [5, 5.41) is 7.61. The number of aromatic nitrogens is 3. The number of hydrogen-bond acceptors (Lipinski definition) is 6. The molecule has 0 aliphatic heterocycles. The van der Waals surface area contributed by atoms with Crippen molar-refractivity contribution in [2.75, 3.05) is 12.3 Å². The Balaban J connectivity index is 1.92. The number of ether oxygens (including phenoxy) is 2. The van der Waals surface area contributed by atoms with Gasteiger partial charge in [0.2, 0.25) is 5.69 Å². The summed E-state index contributed by atoms with van der Waals surface area (Å²) in [6, 6.07) is 7.73. The minimum atomic E-state index is -0.571. The highest BCUT2D eigenvalue weighted by atomic mass is 16.5. The van der Waals surface area contributed by atoms with Crippen molar-refractivity contribution < 1.29 is 14.3 Å². The van der Waals surface area contributed by atoms with Gasteiger partial charge in [-0.1, -0.05) is 22.9 Å². The fourth-order valence-electron chi connectivity index (χ4n) is 1.79. The van der Waals surface area contributed by atoms with Crippen LogP contribution in [0.4, 0.5) is 5.82 Å². The molecule has 0 bridgehead atoms. The SMILES string of the molecule is Cc1ccc(OCCn2nnc(C(=O)OC(C)C)c2N)cc1. The highest BCUT2D eigenvalue weighted by molar-refractivity contribution is 5.91. The molecule has 1 aromatic heterocycles. The fourth-order valence-corrected chi connectivity index (χ4v) is 1.79. The summed E-state index contributed by atoms with van der Waals surface area (Å²) in [5.74, 6) is 0.375. The molecule has 0 atom stereocenters. The Morgan fingerprint density at radius 3 is 2.64 bits per heavy atom. The van der Waals surface area contributed by atoms with Gasteiger partial charge in [0.1, 0.15) is 12.4 Å². The van der Waals surface area contributed by atoms with Crippen molar-refractivity contribution in [1.82, 2.24) is 15.0 Å². The van der Waals surface area contributed by atoms with Crippen LogP contribution in [-0.4, -0.2) is 33.7 Å². The van der Waals surface area contributed by atoms with Gasteiger partial charge in [0.15, 0.2) is 5.82 Å². The van der Waals surface area contributed by atoms with Crippen molar-refractivity contribution in [1.29, 1.82) is 0 Å². The Kier molecular flexibility index (Phi) is 4.98. The molecule has 0 amide bonds. The van der Waals surface area contributed by atoms with Gasteiger partial charge in [0.25, 0.3) is 0 Å². The van der Waals surface area contributed by atoms with Gasteiger partial charge in [-0.05, 0) is 32.9 Å². The van der Waals surface area contributed by atoms with E-state index in [1.165, 1.54) is 10.2 Å². The summed E-state index contributed by atoms with van der Waals surface area (Å²) in [6.07, 6.45) is -0.234. The Labute approximate surface area is 129 Å². The number of hydrogen-bond donors (Lipinski definition) is 1. The molecule has 2 rings (SSSR count). The minimum absolute atomic E-state index is 0.0315. The van der Waals surface area contributed by atoms with Crippen molar-refractivity contribution in [2.45, 2.75) is 33.4 Å². The van der Waals surface area contributed by atoms with Gasteiger partial charge in [-0.15, -0.1) is 5.10 Å². The average molecular weight is 304 g/mol. The van der Waals surface area contributed by atoms with Crippen LogP contribution in [0.3, 0.4) is 0 Å². The van der Waals surface area contributed by atoms with E-state index < -0.39 is 5.97 Å². The van der Waals surface area contributed by atoms with Crippen molar-refractivity contribution >= 4 is 11.8 Å². The van der Waals surface area contributed by atoms with Crippen LogP contribution in [0.5, 0.6) is 5.75 Å². The predicted octanol–water partition coefficient (Wildman–Crippen LogP) is 1.81. The second-order valence-electron chi connectivity index (χ2n) is 5.16. The van der Waals surface area contributed by atoms with E-state index in [0.29, 0.717) is 13.2 Å². The van der Waals surface area contributed by atoms with E-state index in [-0.39, 0.29) is 17.6 Å². The molecule has 0 aliphatic rings. The van der Waals surface area contributed by atoms with Crippen molar-refractivity contribution in [3.63, 3.8) is 0 Å². The van der Waals surface area contributed by atoms with E-state index >= 15 is 0 Å². The molecule has 0 saturated carbocycles. The van der Waals surface area contributed by atoms with Crippen LogP contribution in [0.2, 0.25) is 0 Å². The van der Waals surface area contributed by atoms with Crippen LogP contribution in [0.25, 0.3) is 0 Å². The number of benzene rings is 1. The molecule has 1 heterocycles. The first-order chi connectivity index (χ1) is 10.5. The number of anilines is 1. The maximum atomic E-state index is 11.8. The number of carbonyl (C=O) groups excluding carboxylic acids is 1. The molecule has 7 heteroatoms. The lowest BCUT2D eigenvalue weighted by molar-refractivity contribution is 0.0372. The first-order valence-electron chi connectivity index (χ1n) is 7.06. The lowest BCUT2D eigenvalue weighted by atomic mass is 10.2.